The molecule has 2 aromatic rings. The van der Waals surface area contributed by atoms with Gasteiger partial charge in [-0.3, -0.25) is 4.79 Å². The van der Waals surface area contributed by atoms with Crippen LogP contribution in [0.2, 0.25) is 0 Å². The van der Waals surface area contributed by atoms with Crippen molar-refractivity contribution in [1.29, 1.82) is 0 Å². The van der Waals surface area contributed by atoms with Crippen LogP contribution < -0.4 is 5.32 Å². The Hall–Kier alpha value is -1.82. The van der Waals surface area contributed by atoms with Crippen LogP contribution in [0.3, 0.4) is 0 Å². The molecule has 0 radical (unpaired) electrons. The van der Waals surface area contributed by atoms with Crippen LogP contribution >= 0.6 is 11.8 Å². The molecule has 0 atom stereocenters. The maximum Gasteiger partial charge on any atom is 0.234 e. The molecule has 1 aliphatic carbocycles. The molecular weight excluding hydrogens is 332 g/mol. The first kappa shape index (κ1) is 18.0. The van der Waals surface area contributed by atoms with Gasteiger partial charge in [0.1, 0.15) is 5.82 Å². The van der Waals surface area contributed by atoms with Crippen LogP contribution in [0.1, 0.15) is 55.0 Å². The minimum absolute atomic E-state index is 0.00961. The molecule has 0 unspecified atom stereocenters. The fourth-order valence-electron chi connectivity index (χ4n) is 3.49. The number of carbonyl (C=O) groups excluding carboxylic acids is 1. The van der Waals surface area contributed by atoms with E-state index >= 15 is 0 Å². The SMILES string of the molecule is Cc1cccc(C)c1NC(=O)CSc1nnc(C2CCCCC2)n1C. The first-order chi connectivity index (χ1) is 12.1. The Morgan fingerprint density at radius 2 is 1.88 bits per heavy atom. The smallest absolute Gasteiger partial charge is 0.234 e. The highest BCUT2D eigenvalue weighted by molar-refractivity contribution is 7.99. The number of hydrogen-bond donors (Lipinski definition) is 1. The number of rotatable bonds is 5. The Balaban J connectivity index is 1.60. The number of para-hydroxylation sites is 1. The maximum absolute atomic E-state index is 12.3. The summed E-state index contributed by atoms with van der Waals surface area (Å²) < 4.78 is 2.06. The minimum Gasteiger partial charge on any atom is -0.325 e. The summed E-state index contributed by atoms with van der Waals surface area (Å²) in [6, 6.07) is 6.02. The van der Waals surface area contributed by atoms with Crippen molar-refractivity contribution in [3.63, 3.8) is 0 Å². The van der Waals surface area contributed by atoms with Crippen molar-refractivity contribution in [3.05, 3.63) is 35.2 Å². The van der Waals surface area contributed by atoms with Crippen LogP contribution in [0, 0.1) is 13.8 Å². The zero-order chi connectivity index (χ0) is 17.8. The fraction of sp³-hybridized carbons (Fsp3) is 0.526. The first-order valence-corrected chi connectivity index (χ1v) is 9.93. The zero-order valence-corrected chi connectivity index (χ0v) is 16.0. The van der Waals surface area contributed by atoms with Crippen molar-refractivity contribution in [3.8, 4) is 0 Å². The number of aromatic nitrogens is 3. The van der Waals surface area contributed by atoms with Crippen molar-refractivity contribution in [2.75, 3.05) is 11.1 Å². The number of benzene rings is 1. The van der Waals surface area contributed by atoms with Crippen LogP contribution in [0.25, 0.3) is 0 Å². The van der Waals surface area contributed by atoms with E-state index in [2.05, 4.69) is 20.1 Å². The van der Waals surface area contributed by atoms with E-state index in [-0.39, 0.29) is 5.91 Å². The van der Waals surface area contributed by atoms with Crippen LogP contribution in [-0.4, -0.2) is 26.4 Å². The van der Waals surface area contributed by atoms with Gasteiger partial charge in [0, 0.05) is 18.7 Å². The van der Waals surface area contributed by atoms with Crippen LogP contribution in [0.4, 0.5) is 5.69 Å². The molecule has 0 bridgehead atoms. The summed E-state index contributed by atoms with van der Waals surface area (Å²) in [7, 11) is 2.01. The maximum atomic E-state index is 12.3. The standard InChI is InChI=1S/C19H26N4OS/c1-13-8-7-9-14(2)17(13)20-16(24)12-25-19-22-21-18(23(19)3)15-10-5-4-6-11-15/h7-9,15H,4-6,10-12H2,1-3H3,(H,20,24). The highest BCUT2D eigenvalue weighted by atomic mass is 32.2. The predicted molar refractivity (Wildman–Crippen MR) is 102 cm³/mol. The molecule has 1 fully saturated rings. The highest BCUT2D eigenvalue weighted by Gasteiger charge is 2.22. The number of nitrogens with one attached hydrogen (secondary N) is 1. The van der Waals surface area contributed by atoms with Crippen molar-refractivity contribution < 1.29 is 4.79 Å². The average Bonchev–Trinajstić information content (AvgIpc) is 2.98. The molecule has 1 heterocycles. The lowest BCUT2D eigenvalue weighted by atomic mass is 9.89. The first-order valence-electron chi connectivity index (χ1n) is 8.94. The summed E-state index contributed by atoms with van der Waals surface area (Å²) in [6.07, 6.45) is 6.28. The molecule has 25 heavy (non-hydrogen) atoms. The van der Waals surface area contributed by atoms with Gasteiger partial charge in [0.15, 0.2) is 5.16 Å². The number of nitrogens with zero attached hydrogens (tertiary/aromatic N) is 3. The minimum atomic E-state index is -0.00961. The summed E-state index contributed by atoms with van der Waals surface area (Å²) >= 11 is 1.45. The Kier molecular flexibility index (Phi) is 5.78. The average molecular weight is 359 g/mol. The van der Waals surface area contributed by atoms with Crippen LogP contribution in [0.5, 0.6) is 0 Å². The van der Waals surface area contributed by atoms with Gasteiger partial charge in [-0.15, -0.1) is 10.2 Å². The molecule has 0 aliphatic heterocycles. The monoisotopic (exact) mass is 358 g/mol. The molecule has 0 saturated heterocycles. The molecule has 134 valence electrons. The van der Waals surface area contributed by atoms with E-state index in [9.17, 15) is 4.79 Å². The van der Waals surface area contributed by atoms with Gasteiger partial charge in [0.2, 0.25) is 5.91 Å². The molecule has 3 rings (SSSR count). The van der Waals surface area contributed by atoms with E-state index in [1.807, 2.05) is 39.1 Å². The van der Waals surface area contributed by atoms with Gasteiger partial charge in [-0.05, 0) is 37.8 Å². The third-order valence-electron chi connectivity index (χ3n) is 4.92. The number of aryl methyl sites for hydroxylation is 2. The second-order valence-corrected chi connectivity index (χ2v) is 7.78. The number of anilines is 1. The predicted octanol–water partition coefficient (Wildman–Crippen LogP) is 4.21. The lowest BCUT2D eigenvalue weighted by Gasteiger charge is -2.20. The van der Waals surface area contributed by atoms with Crippen LogP contribution in [0.15, 0.2) is 23.4 Å². The van der Waals surface area contributed by atoms with E-state index in [0.29, 0.717) is 11.7 Å². The molecule has 1 aromatic heterocycles. The quantitative estimate of drug-likeness (QED) is 0.813. The lowest BCUT2D eigenvalue weighted by molar-refractivity contribution is -0.113. The summed E-state index contributed by atoms with van der Waals surface area (Å²) in [5, 5.41) is 12.5. The Labute approximate surface area is 153 Å². The zero-order valence-electron chi connectivity index (χ0n) is 15.2. The van der Waals surface area contributed by atoms with Gasteiger partial charge >= 0.3 is 0 Å². The molecule has 1 aliphatic rings. The largest absolute Gasteiger partial charge is 0.325 e. The molecule has 1 saturated carbocycles. The normalized spacial score (nSPS) is 15.3. The Morgan fingerprint density at radius 1 is 1.20 bits per heavy atom. The molecule has 5 nitrogen and oxygen atoms in total. The molecule has 6 heteroatoms. The van der Waals surface area contributed by atoms with Crippen molar-refractivity contribution in [1.82, 2.24) is 14.8 Å². The summed E-state index contributed by atoms with van der Waals surface area (Å²) in [4.78, 5) is 12.3. The van der Waals surface area contributed by atoms with Gasteiger partial charge in [-0.2, -0.15) is 0 Å². The third kappa shape index (κ3) is 4.24. The topological polar surface area (TPSA) is 59.8 Å². The summed E-state index contributed by atoms with van der Waals surface area (Å²) in [5.41, 5.74) is 3.07. The van der Waals surface area contributed by atoms with Gasteiger partial charge in [-0.1, -0.05) is 49.2 Å². The Morgan fingerprint density at radius 3 is 2.56 bits per heavy atom. The number of carbonyl (C=O) groups is 1. The molecule has 0 spiro atoms. The number of thioether (sulfide) groups is 1. The molecule has 1 aromatic carbocycles. The van der Waals surface area contributed by atoms with Crippen molar-refractivity contribution in [2.45, 2.75) is 57.0 Å². The Bertz CT molecular complexity index is 730. The van der Waals surface area contributed by atoms with Crippen molar-refractivity contribution >= 4 is 23.4 Å². The van der Waals surface area contributed by atoms with Gasteiger partial charge < -0.3 is 9.88 Å². The summed E-state index contributed by atoms with van der Waals surface area (Å²) in [5.74, 6) is 1.91. The van der Waals surface area contributed by atoms with E-state index < -0.39 is 0 Å². The van der Waals surface area contributed by atoms with E-state index in [1.54, 1.807) is 0 Å². The van der Waals surface area contributed by atoms with E-state index in [0.717, 1.165) is 27.8 Å². The van der Waals surface area contributed by atoms with E-state index in [1.165, 1.54) is 43.9 Å². The lowest BCUT2D eigenvalue weighted by Crippen LogP contribution is -2.16. The highest BCUT2D eigenvalue weighted by Crippen LogP contribution is 2.32. The van der Waals surface area contributed by atoms with Gasteiger partial charge in [0.05, 0.1) is 5.75 Å². The van der Waals surface area contributed by atoms with E-state index in [4.69, 9.17) is 0 Å². The van der Waals surface area contributed by atoms with Gasteiger partial charge in [-0.25, -0.2) is 0 Å². The molecular formula is C19H26N4OS. The van der Waals surface area contributed by atoms with Crippen LogP contribution in [-0.2, 0) is 11.8 Å². The molecule has 1 amide bonds. The second kappa shape index (κ2) is 8.04. The molecule has 1 N–H and O–H groups in total. The summed E-state index contributed by atoms with van der Waals surface area (Å²) in [6.45, 7) is 4.02. The third-order valence-corrected chi connectivity index (χ3v) is 5.94. The van der Waals surface area contributed by atoms with Gasteiger partial charge in [0.25, 0.3) is 0 Å². The fourth-order valence-corrected chi connectivity index (χ4v) is 4.20. The van der Waals surface area contributed by atoms with Crippen molar-refractivity contribution in [2.24, 2.45) is 7.05 Å². The number of amides is 1. The number of hydrogen-bond acceptors (Lipinski definition) is 4. The second-order valence-electron chi connectivity index (χ2n) is 6.84.